The lowest BCUT2D eigenvalue weighted by atomic mass is 10.1. The van der Waals surface area contributed by atoms with Gasteiger partial charge in [-0.05, 0) is 20.8 Å². The molecule has 1 aromatic rings. The molecule has 2 atom stereocenters. The predicted octanol–water partition coefficient (Wildman–Crippen LogP) is 0.760. The molecule has 0 spiro atoms. The van der Waals surface area contributed by atoms with E-state index in [-0.39, 0.29) is 12.1 Å². The van der Waals surface area contributed by atoms with Crippen molar-refractivity contribution in [1.29, 1.82) is 0 Å². The van der Waals surface area contributed by atoms with Crippen molar-refractivity contribution in [1.82, 2.24) is 15.1 Å². The summed E-state index contributed by atoms with van der Waals surface area (Å²) in [5, 5.41) is 16.6. The molecule has 1 aromatic heterocycles. The second-order valence-corrected chi connectivity index (χ2v) is 3.79. The maximum Gasteiger partial charge on any atom is 0.0636 e. The van der Waals surface area contributed by atoms with Crippen molar-refractivity contribution in [3.63, 3.8) is 0 Å². The maximum atomic E-state index is 9.14. The van der Waals surface area contributed by atoms with E-state index in [2.05, 4.69) is 17.3 Å². The molecule has 0 saturated carbocycles. The number of hydrogen-bond donors (Lipinski definition) is 2. The van der Waals surface area contributed by atoms with Gasteiger partial charge in [-0.1, -0.05) is 0 Å². The standard InChI is InChI=1S/C10H19N3O/c1-7(14)5-11-8(2)10-6-12-13(4)9(10)3/h6-8,11,14H,5H2,1-4H3/t7-,8?/m0/s1. The van der Waals surface area contributed by atoms with E-state index in [9.17, 15) is 0 Å². The van der Waals surface area contributed by atoms with Crippen LogP contribution in [0.1, 0.15) is 31.1 Å². The van der Waals surface area contributed by atoms with E-state index in [1.807, 2.05) is 24.9 Å². The van der Waals surface area contributed by atoms with Gasteiger partial charge in [-0.3, -0.25) is 4.68 Å². The number of rotatable bonds is 4. The van der Waals surface area contributed by atoms with Crippen molar-refractivity contribution in [3.05, 3.63) is 17.5 Å². The molecule has 0 saturated heterocycles. The molecule has 0 aliphatic heterocycles. The summed E-state index contributed by atoms with van der Waals surface area (Å²) in [6, 6.07) is 0.235. The van der Waals surface area contributed by atoms with Gasteiger partial charge < -0.3 is 10.4 Å². The molecule has 1 heterocycles. The van der Waals surface area contributed by atoms with E-state index in [1.54, 1.807) is 6.92 Å². The Kier molecular flexibility index (Phi) is 3.66. The van der Waals surface area contributed by atoms with Gasteiger partial charge in [-0.25, -0.2) is 0 Å². The van der Waals surface area contributed by atoms with Gasteiger partial charge in [-0.2, -0.15) is 5.10 Å². The molecule has 0 aliphatic rings. The quantitative estimate of drug-likeness (QED) is 0.749. The first kappa shape index (κ1) is 11.2. The first-order valence-corrected chi connectivity index (χ1v) is 4.92. The van der Waals surface area contributed by atoms with Crippen molar-refractivity contribution in [2.24, 2.45) is 7.05 Å². The topological polar surface area (TPSA) is 50.1 Å². The third-order valence-electron chi connectivity index (χ3n) is 2.46. The number of aryl methyl sites for hydroxylation is 1. The normalized spacial score (nSPS) is 15.5. The van der Waals surface area contributed by atoms with Crippen molar-refractivity contribution in [3.8, 4) is 0 Å². The van der Waals surface area contributed by atoms with Gasteiger partial charge in [0.1, 0.15) is 0 Å². The molecule has 4 nitrogen and oxygen atoms in total. The summed E-state index contributed by atoms with van der Waals surface area (Å²) in [5.41, 5.74) is 2.35. The van der Waals surface area contributed by atoms with Crippen LogP contribution in [0.3, 0.4) is 0 Å². The molecule has 0 aliphatic carbocycles. The number of nitrogens with one attached hydrogen (secondary N) is 1. The maximum absolute atomic E-state index is 9.14. The highest BCUT2D eigenvalue weighted by atomic mass is 16.3. The van der Waals surface area contributed by atoms with E-state index in [0.29, 0.717) is 6.54 Å². The molecule has 80 valence electrons. The van der Waals surface area contributed by atoms with Crippen LogP contribution in [-0.4, -0.2) is 27.5 Å². The Bertz CT molecular complexity index is 294. The monoisotopic (exact) mass is 197 g/mol. The number of nitrogens with zero attached hydrogens (tertiary/aromatic N) is 2. The minimum atomic E-state index is -0.311. The molecule has 14 heavy (non-hydrogen) atoms. The first-order valence-electron chi connectivity index (χ1n) is 4.92. The number of aliphatic hydroxyl groups is 1. The first-order chi connectivity index (χ1) is 6.52. The van der Waals surface area contributed by atoms with Gasteiger partial charge in [0.2, 0.25) is 0 Å². The van der Waals surface area contributed by atoms with E-state index >= 15 is 0 Å². The Morgan fingerprint density at radius 3 is 2.64 bits per heavy atom. The van der Waals surface area contributed by atoms with Gasteiger partial charge in [-0.15, -0.1) is 0 Å². The number of aliphatic hydroxyl groups excluding tert-OH is 1. The fraction of sp³-hybridized carbons (Fsp3) is 0.700. The molecule has 4 heteroatoms. The summed E-state index contributed by atoms with van der Waals surface area (Å²) in [6.07, 6.45) is 1.56. The van der Waals surface area contributed by atoms with Crippen LogP contribution in [0.4, 0.5) is 0 Å². The van der Waals surface area contributed by atoms with Crippen LogP contribution in [0.5, 0.6) is 0 Å². The Morgan fingerprint density at radius 2 is 2.21 bits per heavy atom. The molecule has 0 amide bonds. The van der Waals surface area contributed by atoms with Crippen LogP contribution >= 0.6 is 0 Å². The molecule has 0 radical (unpaired) electrons. The van der Waals surface area contributed by atoms with E-state index in [0.717, 1.165) is 5.69 Å². The van der Waals surface area contributed by atoms with Crippen LogP contribution in [0.15, 0.2) is 6.20 Å². The van der Waals surface area contributed by atoms with Crippen LogP contribution in [-0.2, 0) is 7.05 Å². The van der Waals surface area contributed by atoms with Gasteiger partial charge in [0, 0.05) is 30.9 Å². The zero-order valence-electron chi connectivity index (χ0n) is 9.28. The van der Waals surface area contributed by atoms with E-state index < -0.39 is 0 Å². The molecular formula is C10H19N3O. The molecule has 2 N–H and O–H groups in total. The van der Waals surface area contributed by atoms with Crippen molar-refractivity contribution < 1.29 is 5.11 Å². The summed E-state index contributed by atoms with van der Waals surface area (Å²) >= 11 is 0. The molecule has 0 aromatic carbocycles. The van der Waals surface area contributed by atoms with Crippen LogP contribution < -0.4 is 5.32 Å². The van der Waals surface area contributed by atoms with Crippen LogP contribution in [0.2, 0.25) is 0 Å². The lowest BCUT2D eigenvalue weighted by Gasteiger charge is -2.14. The zero-order valence-corrected chi connectivity index (χ0v) is 9.28. The summed E-state index contributed by atoms with van der Waals surface area (Å²) in [5.74, 6) is 0. The Labute approximate surface area is 84.9 Å². The van der Waals surface area contributed by atoms with Crippen LogP contribution in [0, 0.1) is 6.92 Å². The highest BCUT2D eigenvalue weighted by Gasteiger charge is 2.11. The second kappa shape index (κ2) is 4.57. The molecule has 1 rings (SSSR count). The highest BCUT2D eigenvalue weighted by Crippen LogP contribution is 2.15. The van der Waals surface area contributed by atoms with Crippen molar-refractivity contribution in [2.75, 3.05) is 6.54 Å². The average Bonchev–Trinajstić information content (AvgIpc) is 2.44. The molecular weight excluding hydrogens is 178 g/mol. The summed E-state index contributed by atoms with van der Waals surface area (Å²) < 4.78 is 1.86. The van der Waals surface area contributed by atoms with E-state index in [4.69, 9.17) is 5.11 Å². The summed E-state index contributed by atoms with van der Waals surface area (Å²) in [7, 11) is 1.93. The van der Waals surface area contributed by atoms with Crippen LogP contribution in [0.25, 0.3) is 0 Å². The molecule has 0 fully saturated rings. The Hall–Kier alpha value is -0.870. The third kappa shape index (κ3) is 2.56. The second-order valence-electron chi connectivity index (χ2n) is 3.79. The number of aromatic nitrogens is 2. The van der Waals surface area contributed by atoms with Gasteiger partial charge >= 0.3 is 0 Å². The predicted molar refractivity (Wildman–Crippen MR) is 56.0 cm³/mol. The lowest BCUT2D eigenvalue weighted by molar-refractivity contribution is 0.187. The summed E-state index contributed by atoms with van der Waals surface area (Å²) in [4.78, 5) is 0. The summed E-state index contributed by atoms with van der Waals surface area (Å²) in [6.45, 7) is 6.50. The van der Waals surface area contributed by atoms with E-state index in [1.165, 1.54) is 5.56 Å². The largest absolute Gasteiger partial charge is 0.392 e. The SMILES string of the molecule is Cc1c(C(C)NC[C@H](C)O)cnn1C. The molecule has 0 bridgehead atoms. The smallest absolute Gasteiger partial charge is 0.0636 e. The minimum Gasteiger partial charge on any atom is -0.392 e. The van der Waals surface area contributed by atoms with Gasteiger partial charge in [0.05, 0.1) is 12.3 Å². The van der Waals surface area contributed by atoms with Gasteiger partial charge in [0.25, 0.3) is 0 Å². The minimum absolute atomic E-state index is 0.235. The lowest BCUT2D eigenvalue weighted by Crippen LogP contribution is -2.27. The molecule has 1 unspecified atom stereocenters. The third-order valence-corrected chi connectivity index (χ3v) is 2.46. The Balaban J connectivity index is 2.60. The van der Waals surface area contributed by atoms with Gasteiger partial charge in [0.15, 0.2) is 0 Å². The number of hydrogen-bond acceptors (Lipinski definition) is 3. The fourth-order valence-corrected chi connectivity index (χ4v) is 1.40. The Morgan fingerprint density at radius 1 is 1.57 bits per heavy atom. The van der Waals surface area contributed by atoms with Crippen molar-refractivity contribution >= 4 is 0 Å². The fourth-order valence-electron chi connectivity index (χ4n) is 1.40. The highest BCUT2D eigenvalue weighted by molar-refractivity contribution is 5.19. The van der Waals surface area contributed by atoms with Crippen molar-refractivity contribution in [2.45, 2.75) is 32.9 Å². The average molecular weight is 197 g/mol. The zero-order chi connectivity index (χ0) is 10.7.